The molecule has 0 aliphatic carbocycles. The van der Waals surface area contributed by atoms with Gasteiger partial charge in [0, 0.05) is 23.7 Å². The summed E-state index contributed by atoms with van der Waals surface area (Å²) in [4.78, 5) is 20.6. The fourth-order valence-electron chi connectivity index (χ4n) is 2.52. The van der Waals surface area contributed by atoms with E-state index in [-0.39, 0.29) is 11.9 Å². The second-order valence-corrected chi connectivity index (χ2v) is 6.25. The van der Waals surface area contributed by atoms with Crippen LogP contribution in [0.4, 0.5) is 5.82 Å². The summed E-state index contributed by atoms with van der Waals surface area (Å²) in [5.74, 6) is 0.321. The van der Waals surface area contributed by atoms with Gasteiger partial charge in [0.1, 0.15) is 17.8 Å². The van der Waals surface area contributed by atoms with E-state index < -0.39 is 0 Å². The highest BCUT2D eigenvalue weighted by molar-refractivity contribution is 6.31. The number of nitrogens with one attached hydrogen (secondary N) is 2. The van der Waals surface area contributed by atoms with Crippen LogP contribution >= 0.6 is 11.6 Å². The highest BCUT2D eigenvalue weighted by atomic mass is 35.5. The van der Waals surface area contributed by atoms with Crippen molar-refractivity contribution in [2.45, 2.75) is 19.5 Å². The molecule has 0 bridgehead atoms. The number of nitrogens with zero attached hydrogens (tertiary/aromatic N) is 2. The standard InChI is InChI=1S/C20H19ClN4O/c1-14(15-7-3-2-4-8-15)25-19-11-18(23-13-24-19)20(26)22-12-16-9-5-6-10-17(16)21/h2-11,13-14H,12H2,1H3,(H,22,26)(H,23,24,25). The van der Waals surface area contributed by atoms with Crippen molar-refractivity contribution in [1.82, 2.24) is 15.3 Å². The van der Waals surface area contributed by atoms with Gasteiger partial charge in [-0.25, -0.2) is 9.97 Å². The summed E-state index contributed by atoms with van der Waals surface area (Å²) >= 11 is 6.11. The summed E-state index contributed by atoms with van der Waals surface area (Å²) in [5, 5.41) is 6.73. The van der Waals surface area contributed by atoms with Crippen LogP contribution in [0.5, 0.6) is 0 Å². The first kappa shape index (κ1) is 17.9. The predicted octanol–water partition coefficient (Wildman–Crippen LogP) is 4.23. The lowest BCUT2D eigenvalue weighted by Gasteiger charge is -2.15. The van der Waals surface area contributed by atoms with Gasteiger partial charge in [-0.05, 0) is 24.1 Å². The largest absolute Gasteiger partial charge is 0.363 e. The Hall–Kier alpha value is -2.92. The molecule has 0 aliphatic heterocycles. The maximum Gasteiger partial charge on any atom is 0.270 e. The molecule has 26 heavy (non-hydrogen) atoms. The van der Waals surface area contributed by atoms with Crippen molar-refractivity contribution in [2.24, 2.45) is 0 Å². The normalized spacial score (nSPS) is 11.6. The first-order valence-corrected chi connectivity index (χ1v) is 8.66. The van der Waals surface area contributed by atoms with Crippen LogP contribution in [0.15, 0.2) is 67.0 Å². The van der Waals surface area contributed by atoms with Crippen molar-refractivity contribution < 1.29 is 4.79 Å². The van der Waals surface area contributed by atoms with E-state index in [4.69, 9.17) is 11.6 Å². The van der Waals surface area contributed by atoms with Crippen LogP contribution in [0.1, 0.15) is 34.6 Å². The highest BCUT2D eigenvalue weighted by Crippen LogP contribution is 2.18. The van der Waals surface area contributed by atoms with E-state index in [0.717, 1.165) is 11.1 Å². The Morgan fingerprint density at radius 2 is 1.81 bits per heavy atom. The molecule has 0 fully saturated rings. The first-order chi connectivity index (χ1) is 12.6. The Morgan fingerprint density at radius 3 is 2.58 bits per heavy atom. The van der Waals surface area contributed by atoms with Crippen molar-refractivity contribution in [1.29, 1.82) is 0 Å². The molecule has 6 heteroatoms. The molecule has 0 radical (unpaired) electrons. The minimum absolute atomic E-state index is 0.0603. The van der Waals surface area contributed by atoms with Gasteiger partial charge in [0.15, 0.2) is 0 Å². The fraction of sp³-hybridized carbons (Fsp3) is 0.150. The minimum atomic E-state index is -0.275. The highest BCUT2D eigenvalue weighted by Gasteiger charge is 2.11. The van der Waals surface area contributed by atoms with Crippen LogP contribution in [-0.4, -0.2) is 15.9 Å². The number of rotatable bonds is 6. The summed E-state index contributed by atoms with van der Waals surface area (Å²) in [6.45, 7) is 2.38. The zero-order valence-electron chi connectivity index (χ0n) is 14.3. The van der Waals surface area contributed by atoms with Crippen molar-refractivity contribution in [3.8, 4) is 0 Å². The number of carbonyl (C=O) groups is 1. The molecular formula is C20H19ClN4O. The van der Waals surface area contributed by atoms with Gasteiger partial charge in [-0.1, -0.05) is 60.1 Å². The van der Waals surface area contributed by atoms with Crippen LogP contribution in [-0.2, 0) is 6.54 Å². The quantitative estimate of drug-likeness (QED) is 0.685. The number of hydrogen-bond acceptors (Lipinski definition) is 4. The van der Waals surface area contributed by atoms with E-state index in [2.05, 4.69) is 20.6 Å². The maximum atomic E-state index is 12.4. The third-order valence-corrected chi connectivity index (χ3v) is 4.33. The number of anilines is 1. The smallest absolute Gasteiger partial charge is 0.270 e. The van der Waals surface area contributed by atoms with E-state index in [1.165, 1.54) is 6.33 Å². The summed E-state index contributed by atoms with van der Waals surface area (Å²) in [7, 11) is 0. The molecule has 132 valence electrons. The molecule has 1 unspecified atom stereocenters. The third kappa shape index (κ3) is 4.58. The van der Waals surface area contributed by atoms with Crippen molar-refractivity contribution in [3.63, 3.8) is 0 Å². The van der Waals surface area contributed by atoms with E-state index >= 15 is 0 Å². The van der Waals surface area contributed by atoms with Gasteiger partial charge in [-0.2, -0.15) is 0 Å². The van der Waals surface area contributed by atoms with Crippen molar-refractivity contribution in [3.05, 3.63) is 88.8 Å². The van der Waals surface area contributed by atoms with Crippen LogP contribution in [0.2, 0.25) is 5.02 Å². The molecule has 3 aromatic rings. The molecule has 5 nitrogen and oxygen atoms in total. The van der Waals surface area contributed by atoms with Gasteiger partial charge in [0.05, 0.1) is 0 Å². The molecule has 0 saturated carbocycles. The van der Waals surface area contributed by atoms with Gasteiger partial charge >= 0.3 is 0 Å². The first-order valence-electron chi connectivity index (χ1n) is 8.28. The molecule has 3 rings (SSSR count). The number of amides is 1. The van der Waals surface area contributed by atoms with E-state index in [1.54, 1.807) is 12.1 Å². The SMILES string of the molecule is CC(Nc1cc(C(=O)NCc2ccccc2Cl)ncn1)c1ccccc1. The lowest BCUT2D eigenvalue weighted by molar-refractivity contribution is 0.0946. The Kier molecular flexibility index (Phi) is 5.81. The number of carbonyl (C=O) groups excluding carboxylic acids is 1. The monoisotopic (exact) mass is 366 g/mol. The molecule has 2 aromatic carbocycles. The van der Waals surface area contributed by atoms with Crippen molar-refractivity contribution >= 4 is 23.3 Å². The number of benzene rings is 2. The van der Waals surface area contributed by atoms with E-state index in [1.807, 2.05) is 55.5 Å². The fourth-order valence-corrected chi connectivity index (χ4v) is 2.72. The molecule has 1 atom stereocenters. The Bertz CT molecular complexity index is 886. The lowest BCUT2D eigenvalue weighted by Crippen LogP contribution is -2.24. The topological polar surface area (TPSA) is 66.9 Å². The van der Waals surface area contributed by atoms with E-state index in [9.17, 15) is 4.79 Å². The zero-order chi connectivity index (χ0) is 18.4. The number of hydrogen-bond donors (Lipinski definition) is 2. The molecular weight excluding hydrogens is 348 g/mol. The van der Waals surface area contributed by atoms with Crippen LogP contribution < -0.4 is 10.6 Å². The summed E-state index contributed by atoms with van der Waals surface area (Å²) in [5.41, 5.74) is 2.29. The lowest BCUT2D eigenvalue weighted by atomic mass is 10.1. The van der Waals surface area contributed by atoms with Crippen LogP contribution in [0, 0.1) is 0 Å². The molecule has 2 N–H and O–H groups in total. The Balaban J connectivity index is 1.65. The summed E-state index contributed by atoms with van der Waals surface area (Å²) < 4.78 is 0. The maximum absolute atomic E-state index is 12.4. The molecule has 0 aliphatic rings. The Morgan fingerprint density at radius 1 is 1.08 bits per heavy atom. The molecule has 1 aromatic heterocycles. The number of aromatic nitrogens is 2. The van der Waals surface area contributed by atoms with Gasteiger partial charge < -0.3 is 10.6 Å². The second-order valence-electron chi connectivity index (χ2n) is 5.84. The molecule has 0 spiro atoms. The average Bonchev–Trinajstić information content (AvgIpc) is 2.68. The van der Waals surface area contributed by atoms with Gasteiger partial charge in [0.2, 0.25) is 0 Å². The minimum Gasteiger partial charge on any atom is -0.363 e. The zero-order valence-corrected chi connectivity index (χ0v) is 15.1. The second kappa shape index (κ2) is 8.45. The third-order valence-electron chi connectivity index (χ3n) is 3.96. The molecule has 1 heterocycles. The molecule has 1 amide bonds. The van der Waals surface area contributed by atoms with E-state index in [0.29, 0.717) is 23.1 Å². The summed E-state index contributed by atoms with van der Waals surface area (Å²) in [6, 6.07) is 19.1. The van der Waals surface area contributed by atoms with Crippen LogP contribution in [0.25, 0.3) is 0 Å². The Labute approximate surface area is 157 Å². The molecule has 0 saturated heterocycles. The van der Waals surface area contributed by atoms with Crippen molar-refractivity contribution in [2.75, 3.05) is 5.32 Å². The predicted molar refractivity (Wildman–Crippen MR) is 103 cm³/mol. The summed E-state index contributed by atoms with van der Waals surface area (Å²) in [6.07, 6.45) is 1.38. The van der Waals surface area contributed by atoms with Gasteiger partial charge in [-0.15, -0.1) is 0 Å². The van der Waals surface area contributed by atoms with Crippen LogP contribution in [0.3, 0.4) is 0 Å². The number of halogens is 1. The van der Waals surface area contributed by atoms with Gasteiger partial charge in [-0.3, -0.25) is 4.79 Å². The van der Waals surface area contributed by atoms with Gasteiger partial charge in [0.25, 0.3) is 5.91 Å². The average molecular weight is 367 g/mol.